The van der Waals surface area contributed by atoms with E-state index in [2.05, 4.69) is 0 Å². The van der Waals surface area contributed by atoms with Crippen LogP contribution in [0.3, 0.4) is 0 Å². The highest BCUT2D eigenvalue weighted by Crippen LogP contribution is 2.69. The van der Waals surface area contributed by atoms with Crippen LogP contribution in [-0.2, 0) is 5.92 Å². The third-order valence-electron chi connectivity index (χ3n) is 5.75. The van der Waals surface area contributed by atoms with Crippen LogP contribution < -0.4 is 0 Å². The van der Waals surface area contributed by atoms with E-state index in [0.29, 0.717) is 6.07 Å². The molecule has 0 atom stereocenters. The van der Waals surface area contributed by atoms with Crippen LogP contribution >= 0.6 is 0 Å². The molecule has 1 N–H and O–H groups in total. The Morgan fingerprint density at radius 3 is 1.92 bits per heavy atom. The molecule has 9 heteroatoms. The predicted molar refractivity (Wildman–Crippen MR) is 75.1 cm³/mol. The second-order valence-electron chi connectivity index (χ2n) is 7.18. The fourth-order valence-corrected chi connectivity index (χ4v) is 3.85. The second kappa shape index (κ2) is 5.36. The van der Waals surface area contributed by atoms with Gasteiger partial charge >= 0.3 is 11.8 Å². The Kier molecular flexibility index (Phi) is 3.91. The topological polar surface area (TPSA) is 20.2 Å². The molecular weight excluding hydrogens is 372 g/mol. The van der Waals surface area contributed by atoms with E-state index in [9.17, 15) is 35.1 Å². The van der Waals surface area contributed by atoms with Crippen molar-refractivity contribution in [3.8, 4) is 5.75 Å². The molecule has 0 saturated heterocycles. The Morgan fingerprint density at radius 2 is 1.38 bits per heavy atom. The molecule has 1 fully saturated rings. The monoisotopic (exact) mass is 386 g/mol. The molecule has 1 saturated carbocycles. The number of phenols is 1. The van der Waals surface area contributed by atoms with Crippen molar-refractivity contribution in [2.75, 3.05) is 0 Å². The number of hydrogen-bond donors (Lipinski definition) is 1. The first-order valence-electron chi connectivity index (χ1n) is 7.81. The normalized spacial score (nSPS) is 29.4. The Bertz CT molecular complexity index is 790. The van der Waals surface area contributed by atoms with Gasteiger partial charge < -0.3 is 5.11 Å². The van der Waals surface area contributed by atoms with Gasteiger partial charge in [0.15, 0.2) is 11.6 Å². The third-order valence-corrected chi connectivity index (χ3v) is 5.75. The van der Waals surface area contributed by atoms with Gasteiger partial charge in [0, 0.05) is 5.41 Å². The maximum atomic E-state index is 14.9. The molecule has 0 aromatic heterocycles. The van der Waals surface area contributed by atoms with Crippen molar-refractivity contribution in [3.63, 3.8) is 0 Å². The molecule has 0 heterocycles. The Hall–Kier alpha value is -1.80. The summed E-state index contributed by atoms with van der Waals surface area (Å²) in [6, 6.07) is 0.396. The van der Waals surface area contributed by atoms with Crippen molar-refractivity contribution in [2.24, 2.45) is 10.8 Å². The first-order chi connectivity index (χ1) is 11.8. The van der Waals surface area contributed by atoms with Crippen molar-refractivity contribution < 1.29 is 40.2 Å². The standard InChI is InChI=1S/C17H14F8O/c1-14-4-6-15(7-5-14,13(21)12(14)20)17(24,25)16(22,23)8-2-3-9(26)11(19)10(8)18/h2-3,26H,4-7H2,1H3. The number of hydrogen-bond acceptors (Lipinski definition) is 1. The van der Waals surface area contributed by atoms with Crippen LogP contribution in [0, 0.1) is 22.5 Å². The predicted octanol–water partition coefficient (Wildman–Crippen LogP) is 6.13. The molecule has 4 rings (SSSR count). The molecule has 0 aliphatic heterocycles. The molecule has 3 aliphatic rings. The summed E-state index contributed by atoms with van der Waals surface area (Å²) in [5.74, 6) is -19.9. The number of aromatic hydroxyl groups is 1. The first-order valence-corrected chi connectivity index (χ1v) is 7.81. The van der Waals surface area contributed by atoms with Crippen LogP contribution in [0.5, 0.6) is 5.75 Å². The number of rotatable bonds is 3. The number of fused-ring (bicyclic) bond motifs is 2. The molecule has 3 aliphatic carbocycles. The summed E-state index contributed by atoms with van der Waals surface area (Å²) in [6.07, 6.45) is -2.06. The number of halogens is 8. The van der Waals surface area contributed by atoms with Gasteiger partial charge in [-0.2, -0.15) is 22.0 Å². The van der Waals surface area contributed by atoms with Crippen molar-refractivity contribution in [3.05, 3.63) is 41.0 Å². The van der Waals surface area contributed by atoms with Gasteiger partial charge in [-0.25, -0.2) is 13.2 Å². The van der Waals surface area contributed by atoms with E-state index in [1.807, 2.05) is 0 Å². The molecule has 1 nitrogen and oxygen atoms in total. The van der Waals surface area contributed by atoms with Crippen molar-refractivity contribution in [1.29, 1.82) is 0 Å². The summed E-state index contributed by atoms with van der Waals surface area (Å²) >= 11 is 0. The van der Waals surface area contributed by atoms with Crippen LogP contribution in [-0.4, -0.2) is 11.0 Å². The Morgan fingerprint density at radius 1 is 0.846 bits per heavy atom. The molecule has 26 heavy (non-hydrogen) atoms. The van der Waals surface area contributed by atoms with Gasteiger partial charge in [0.2, 0.25) is 5.82 Å². The van der Waals surface area contributed by atoms with Crippen LogP contribution in [0.15, 0.2) is 23.8 Å². The van der Waals surface area contributed by atoms with Crippen molar-refractivity contribution >= 4 is 0 Å². The lowest BCUT2D eigenvalue weighted by Gasteiger charge is -2.53. The molecule has 0 spiro atoms. The molecule has 144 valence electrons. The van der Waals surface area contributed by atoms with E-state index in [-0.39, 0.29) is 18.9 Å². The number of phenolic OH excluding ortho intramolecular Hbond substituents is 1. The lowest BCUT2D eigenvalue weighted by atomic mass is 9.54. The average Bonchev–Trinajstić information content (AvgIpc) is 2.57. The molecule has 1 aromatic rings. The molecular formula is C17H14F8O. The van der Waals surface area contributed by atoms with Crippen molar-refractivity contribution in [1.82, 2.24) is 0 Å². The largest absolute Gasteiger partial charge is 0.505 e. The number of benzene rings is 1. The van der Waals surface area contributed by atoms with Crippen LogP contribution in [0.4, 0.5) is 35.1 Å². The van der Waals surface area contributed by atoms with Crippen LogP contribution in [0.2, 0.25) is 0 Å². The van der Waals surface area contributed by atoms with E-state index in [1.54, 1.807) is 0 Å². The zero-order valence-corrected chi connectivity index (χ0v) is 13.5. The summed E-state index contributed by atoms with van der Waals surface area (Å²) in [5, 5.41) is 8.99. The SMILES string of the molecule is CC12CCC(C(F)(F)C(F)(F)c3ccc(O)c(F)c3F)(CC1)C(F)=C2F. The van der Waals surface area contributed by atoms with E-state index >= 15 is 0 Å². The summed E-state index contributed by atoms with van der Waals surface area (Å²) < 4.78 is 115. The molecule has 0 amide bonds. The van der Waals surface area contributed by atoms with Crippen molar-refractivity contribution in [2.45, 2.75) is 44.5 Å². The maximum Gasteiger partial charge on any atom is 0.339 e. The highest BCUT2D eigenvalue weighted by molar-refractivity contribution is 5.37. The number of allylic oxidation sites excluding steroid dienone is 2. The van der Waals surface area contributed by atoms with Gasteiger partial charge in [0.25, 0.3) is 0 Å². The van der Waals surface area contributed by atoms with E-state index < -0.39 is 70.1 Å². The summed E-state index contributed by atoms with van der Waals surface area (Å²) in [5.41, 5.74) is -6.49. The zero-order valence-electron chi connectivity index (χ0n) is 13.5. The molecule has 0 unspecified atom stereocenters. The molecule has 1 aromatic carbocycles. The lowest BCUT2D eigenvalue weighted by molar-refractivity contribution is -0.285. The zero-order chi connectivity index (χ0) is 19.7. The fraction of sp³-hybridized carbons (Fsp3) is 0.529. The average molecular weight is 386 g/mol. The second-order valence-corrected chi connectivity index (χ2v) is 7.18. The van der Waals surface area contributed by atoms with Gasteiger partial charge in [-0.1, -0.05) is 6.92 Å². The molecule has 2 bridgehead atoms. The van der Waals surface area contributed by atoms with Gasteiger partial charge in [-0.05, 0) is 37.8 Å². The Labute approximate surface area is 143 Å². The summed E-state index contributed by atoms with van der Waals surface area (Å²) in [4.78, 5) is 0. The fourth-order valence-electron chi connectivity index (χ4n) is 3.85. The minimum absolute atomic E-state index is 0.103. The smallest absolute Gasteiger partial charge is 0.339 e. The third kappa shape index (κ3) is 2.08. The minimum Gasteiger partial charge on any atom is -0.505 e. The lowest BCUT2D eigenvalue weighted by Crippen LogP contribution is -2.58. The van der Waals surface area contributed by atoms with E-state index in [4.69, 9.17) is 5.11 Å². The summed E-state index contributed by atoms with van der Waals surface area (Å²) in [6.45, 7) is 1.32. The Balaban J connectivity index is 2.18. The molecule has 0 radical (unpaired) electrons. The quantitative estimate of drug-likeness (QED) is 0.620. The maximum absolute atomic E-state index is 14.9. The van der Waals surface area contributed by atoms with Gasteiger partial charge in [0.1, 0.15) is 11.7 Å². The van der Waals surface area contributed by atoms with Gasteiger partial charge in [-0.15, -0.1) is 0 Å². The first kappa shape index (κ1) is 19.0. The van der Waals surface area contributed by atoms with E-state index in [0.717, 1.165) is 0 Å². The van der Waals surface area contributed by atoms with E-state index in [1.165, 1.54) is 6.92 Å². The van der Waals surface area contributed by atoms with Crippen LogP contribution in [0.25, 0.3) is 0 Å². The number of alkyl halides is 4. The van der Waals surface area contributed by atoms with Crippen LogP contribution in [0.1, 0.15) is 38.2 Å². The highest BCUT2D eigenvalue weighted by atomic mass is 19.3. The minimum atomic E-state index is -5.34. The van der Waals surface area contributed by atoms with Gasteiger partial charge in [-0.3, -0.25) is 0 Å². The van der Waals surface area contributed by atoms with Gasteiger partial charge in [0.05, 0.1) is 11.0 Å². The highest BCUT2D eigenvalue weighted by Gasteiger charge is 2.74. The summed E-state index contributed by atoms with van der Waals surface area (Å²) in [7, 11) is 0.